The Bertz CT molecular complexity index is 782. The minimum absolute atomic E-state index is 0.00446. The third kappa shape index (κ3) is 3.76. The summed E-state index contributed by atoms with van der Waals surface area (Å²) in [5, 5.41) is 0. The Morgan fingerprint density at radius 2 is 2.28 bits per heavy atom. The van der Waals surface area contributed by atoms with Crippen molar-refractivity contribution in [3.05, 3.63) is 59.7 Å². The molecule has 130 valence electrons. The molecular weight excluding hydrogens is 327 g/mol. The quantitative estimate of drug-likeness (QED) is 0.779. The maximum absolute atomic E-state index is 14.3. The molecule has 3 rings (SSSR count). The number of anilines is 1. The summed E-state index contributed by atoms with van der Waals surface area (Å²) in [5.41, 5.74) is 0.868. The van der Waals surface area contributed by atoms with Gasteiger partial charge in [0.2, 0.25) is 0 Å². The third-order valence-corrected chi connectivity index (χ3v) is 3.91. The molecule has 1 aliphatic heterocycles. The topological polar surface area (TPSA) is 68.7 Å². The van der Waals surface area contributed by atoms with Crippen LogP contribution in [0.15, 0.2) is 42.7 Å². The lowest BCUT2D eigenvalue weighted by Crippen LogP contribution is -2.24. The molecule has 1 saturated heterocycles. The van der Waals surface area contributed by atoms with Gasteiger partial charge >= 0.3 is 12.1 Å². The van der Waals surface area contributed by atoms with E-state index >= 15 is 0 Å². The predicted octanol–water partition coefficient (Wildman–Crippen LogP) is 3.31. The second-order valence-electron chi connectivity index (χ2n) is 5.63. The normalized spacial score (nSPS) is 16.6. The molecule has 1 fully saturated rings. The number of nitrogens with zero attached hydrogens (tertiary/aromatic N) is 2. The van der Waals surface area contributed by atoms with Crippen LogP contribution in [0.25, 0.3) is 0 Å². The van der Waals surface area contributed by atoms with Crippen molar-refractivity contribution in [1.82, 2.24) is 4.98 Å². The number of carbonyl (C=O) groups is 2. The molecule has 0 radical (unpaired) electrons. The first-order valence-electron chi connectivity index (χ1n) is 7.92. The van der Waals surface area contributed by atoms with E-state index in [0.717, 1.165) is 6.07 Å². The highest BCUT2D eigenvalue weighted by molar-refractivity contribution is 5.93. The third-order valence-electron chi connectivity index (χ3n) is 3.91. The molecule has 1 amide bonds. The van der Waals surface area contributed by atoms with Gasteiger partial charge in [0.15, 0.2) is 0 Å². The minimum Gasteiger partial charge on any atom is -0.457 e. The summed E-state index contributed by atoms with van der Waals surface area (Å²) in [7, 11) is 0. The van der Waals surface area contributed by atoms with Crippen molar-refractivity contribution in [2.75, 3.05) is 11.4 Å². The average Bonchev–Trinajstić information content (AvgIpc) is 3.01. The van der Waals surface area contributed by atoms with Crippen molar-refractivity contribution in [3.8, 4) is 0 Å². The van der Waals surface area contributed by atoms with Crippen LogP contribution in [0.2, 0.25) is 0 Å². The molecule has 0 saturated carbocycles. The van der Waals surface area contributed by atoms with Gasteiger partial charge in [0, 0.05) is 18.0 Å². The molecule has 1 aromatic heterocycles. The van der Waals surface area contributed by atoms with Gasteiger partial charge in [0.05, 0.1) is 17.8 Å². The van der Waals surface area contributed by atoms with E-state index in [2.05, 4.69) is 4.98 Å². The number of esters is 1. The van der Waals surface area contributed by atoms with Crippen molar-refractivity contribution >= 4 is 17.7 Å². The van der Waals surface area contributed by atoms with Crippen molar-refractivity contribution in [2.45, 2.75) is 26.1 Å². The van der Waals surface area contributed by atoms with Crippen molar-refractivity contribution in [2.24, 2.45) is 0 Å². The summed E-state index contributed by atoms with van der Waals surface area (Å²) < 4.78 is 24.5. The van der Waals surface area contributed by atoms with Gasteiger partial charge in [-0.05, 0) is 30.7 Å². The number of hydrogen-bond donors (Lipinski definition) is 0. The monoisotopic (exact) mass is 344 g/mol. The van der Waals surface area contributed by atoms with Gasteiger partial charge in [-0.15, -0.1) is 0 Å². The largest absolute Gasteiger partial charge is 0.457 e. The van der Waals surface area contributed by atoms with Gasteiger partial charge in [-0.2, -0.15) is 0 Å². The number of rotatable bonds is 5. The summed E-state index contributed by atoms with van der Waals surface area (Å²) in [6, 6.07) is 7.42. The molecule has 0 spiro atoms. The number of cyclic esters (lactones) is 1. The van der Waals surface area contributed by atoms with Crippen LogP contribution in [0, 0.1) is 5.82 Å². The van der Waals surface area contributed by atoms with Crippen molar-refractivity contribution in [3.63, 3.8) is 0 Å². The summed E-state index contributed by atoms with van der Waals surface area (Å²) >= 11 is 0. The molecule has 0 N–H and O–H groups in total. The Balaban J connectivity index is 1.69. The molecule has 1 aliphatic rings. The van der Waals surface area contributed by atoms with Gasteiger partial charge < -0.3 is 9.47 Å². The second kappa shape index (κ2) is 7.29. The van der Waals surface area contributed by atoms with Crippen LogP contribution in [-0.2, 0) is 16.1 Å². The van der Waals surface area contributed by atoms with E-state index in [9.17, 15) is 14.0 Å². The maximum Gasteiger partial charge on any atom is 0.414 e. The highest BCUT2D eigenvalue weighted by Gasteiger charge is 2.31. The van der Waals surface area contributed by atoms with Crippen LogP contribution < -0.4 is 4.90 Å². The Morgan fingerprint density at radius 3 is 2.92 bits per heavy atom. The minimum atomic E-state index is -0.775. The van der Waals surface area contributed by atoms with E-state index in [0.29, 0.717) is 24.2 Å². The highest BCUT2D eigenvalue weighted by atomic mass is 19.1. The van der Waals surface area contributed by atoms with Crippen molar-refractivity contribution < 1.29 is 23.5 Å². The van der Waals surface area contributed by atoms with Gasteiger partial charge in [0.25, 0.3) is 0 Å². The first-order chi connectivity index (χ1) is 12.1. The fraction of sp³-hybridized carbons (Fsp3) is 0.278. The van der Waals surface area contributed by atoms with Crippen LogP contribution in [-0.4, -0.2) is 29.7 Å². The number of hydrogen-bond acceptors (Lipinski definition) is 5. The maximum atomic E-state index is 14.3. The molecule has 0 aliphatic carbocycles. The van der Waals surface area contributed by atoms with Gasteiger partial charge in [-0.1, -0.05) is 13.0 Å². The van der Waals surface area contributed by atoms with Gasteiger partial charge in [-0.3, -0.25) is 9.88 Å². The van der Waals surface area contributed by atoms with Crippen LogP contribution in [0.3, 0.4) is 0 Å². The molecule has 6 nitrogen and oxygen atoms in total. The summed E-state index contributed by atoms with van der Waals surface area (Å²) in [5.74, 6) is -1.52. The summed E-state index contributed by atoms with van der Waals surface area (Å²) in [6.07, 6.45) is 3.13. The molecular formula is C18H17FN2O4. The zero-order valence-corrected chi connectivity index (χ0v) is 13.6. The van der Waals surface area contributed by atoms with Crippen LogP contribution in [0.5, 0.6) is 0 Å². The number of halogens is 1. The van der Waals surface area contributed by atoms with E-state index < -0.39 is 17.9 Å². The summed E-state index contributed by atoms with van der Waals surface area (Å²) in [4.78, 5) is 29.1. The fourth-order valence-electron chi connectivity index (χ4n) is 2.49. The standard InChI is InChI=1S/C18H17FN2O4/c1-2-14-10-21(18(23)25-14)13-5-6-15(16(19)8-13)17(22)24-11-12-4-3-7-20-9-12/h3-9,14H,2,10-11H2,1H3/t14-/m0/s1. The number of pyridine rings is 1. The summed E-state index contributed by atoms with van der Waals surface area (Å²) in [6.45, 7) is 2.27. The lowest BCUT2D eigenvalue weighted by molar-refractivity contribution is 0.0467. The zero-order chi connectivity index (χ0) is 17.8. The number of ether oxygens (including phenoxy) is 2. The molecule has 25 heavy (non-hydrogen) atoms. The number of benzene rings is 1. The number of aromatic nitrogens is 1. The molecule has 2 heterocycles. The fourth-order valence-corrected chi connectivity index (χ4v) is 2.49. The number of carbonyl (C=O) groups excluding carboxylic acids is 2. The molecule has 0 bridgehead atoms. The first-order valence-corrected chi connectivity index (χ1v) is 7.92. The van der Waals surface area contributed by atoms with Crippen molar-refractivity contribution in [1.29, 1.82) is 0 Å². The van der Waals surface area contributed by atoms with E-state index in [1.165, 1.54) is 17.0 Å². The van der Waals surface area contributed by atoms with Crippen LogP contribution >= 0.6 is 0 Å². The SMILES string of the molecule is CC[C@H]1CN(c2ccc(C(=O)OCc3cccnc3)c(F)c2)C(=O)O1. The van der Waals surface area contributed by atoms with E-state index in [1.54, 1.807) is 24.5 Å². The zero-order valence-electron chi connectivity index (χ0n) is 13.6. The second-order valence-corrected chi connectivity index (χ2v) is 5.63. The Morgan fingerprint density at radius 1 is 1.44 bits per heavy atom. The molecule has 7 heteroatoms. The van der Waals surface area contributed by atoms with Gasteiger partial charge in [0.1, 0.15) is 18.5 Å². The molecule has 2 aromatic rings. The Labute approximate surface area is 144 Å². The number of amides is 1. The van der Waals surface area contributed by atoms with Crippen LogP contribution in [0.1, 0.15) is 29.3 Å². The Kier molecular flexibility index (Phi) is 4.92. The Hall–Kier alpha value is -2.96. The van der Waals surface area contributed by atoms with Gasteiger partial charge in [-0.25, -0.2) is 14.0 Å². The molecule has 0 unspecified atom stereocenters. The smallest absolute Gasteiger partial charge is 0.414 e. The molecule has 1 atom stereocenters. The lowest BCUT2D eigenvalue weighted by Gasteiger charge is -2.14. The van der Waals surface area contributed by atoms with E-state index in [-0.39, 0.29) is 18.3 Å². The highest BCUT2D eigenvalue weighted by Crippen LogP contribution is 2.25. The molecule has 1 aromatic carbocycles. The van der Waals surface area contributed by atoms with E-state index in [1.807, 2.05) is 6.92 Å². The van der Waals surface area contributed by atoms with E-state index in [4.69, 9.17) is 9.47 Å². The lowest BCUT2D eigenvalue weighted by atomic mass is 10.1. The predicted molar refractivity (Wildman–Crippen MR) is 87.7 cm³/mol. The average molecular weight is 344 g/mol. The van der Waals surface area contributed by atoms with Crippen LogP contribution in [0.4, 0.5) is 14.9 Å². The first kappa shape index (κ1) is 16.9.